The molecule has 3 N–H and O–H groups in total. The molecule has 25 heavy (non-hydrogen) atoms. The number of rotatable bonds is 9. The van der Waals surface area contributed by atoms with Crippen LogP contribution >= 0.6 is 24.0 Å². The molecule has 0 heterocycles. The number of carbonyl (C=O) groups is 1. The van der Waals surface area contributed by atoms with E-state index in [2.05, 4.69) is 20.9 Å². The summed E-state index contributed by atoms with van der Waals surface area (Å²) in [7, 11) is 3.28. The van der Waals surface area contributed by atoms with E-state index >= 15 is 0 Å². The van der Waals surface area contributed by atoms with Crippen LogP contribution in [0.4, 0.5) is 5.69 Å². The molecule has 0 bridgehead atoms. The number of carbonyl (C=O) groups excluding carboxylic acids is 1. The number of aliphatic imine (C=N–C) groups is 1. The fourth-order valence-electron chi connectivity index (χ4n) is 1.98. The van der Waals surface area contributed by atoms with Crippen LogP contribution in [0.15, 0.2) is 23.2 Å². The Bertz CT molecular complexity index is 553. The molecule has 142 valence electrons. The van der Waals surface area contributed by atoms with Crippen molar-refractivity contribution in [1.82, 2.24) is 10.6 Å². The van der Waals surface area contributed by atoms with Gasteiger partial charge in [-0.3, -0.25) is 9.79 Å². The molecule has 0 fully saturated rings. The van der Waals surface area contributed by atoms with E-state index in [1.54, 1.807) is 14.2 Å². The highest BCUT2D eigenvalue weighted by Crippen LogP contribution is 2.30. The van der Waals surface area contributed by atoms with Crippen molar-refractivity contribution in [3.05, 3.63) is 18.2 Å². The van der Waals surface area contributed by atoms with Crippen LogP contribution in [-0.4, -0.2) is 45.7 Å². The molecular formula is C17H29IN4O3. The number of nitrogens with zero attached hydrogens (tertiary/aromatic N) is 1. The molecule has 0 saturated carbocycles. The Morgan fingerprint density at radius 2 is 1.92 bits per heavy atom. The van der Waals surface area contributed by atoms with Gasteiger partial charge < -0.3 is 25.4 Å². The molecule has 0 unspecified atom stereocenters. The first-order valence-corrected chi connectivity index (χ1v) is 8.19. The Morgan fingerprint density at radius 1 is 1.16 bits per heavy atom. The fourth-order valence-corrected chi connectivity index (χ4v) is 1.98. The van der Waals surface area contributed by atoms with Crippen LogP contribution in [0.1, 0.15) is 26.7 Å². The van der Waals surface area contributed by atoms with Crippen molar-refractivity contribution in [2.24, 2.45) is 4.99 Å². The van der Waals surface area contributed by atoms with E-state index in [-0.39, 0.29) is 29.9 Å². The smallest absolute Gasteiger partial charge is 0.221 e. The molecule has 0 spiro atoms. The molecule has 1 aromatic carbocycles. The summed E-state index contributed by atoms with van der Waals surface area (Å²) in [4.78, 5) is 15.7. The highest BCUT2D eigenvalue weighted by Gasteiger charge is 2.07. The van der Waals surface area contributed by atoms with Crippen molar-refractivity contribution < 1.29 is 14.3 Å². The topological polar surface area (TPSA) is 84.0 Å². The van der Waals surface area contributed by atoms with Gasteiger partial charge in [-0.15, -0.1) is 24.0 Å². The third-order valence-electron chi connectivity index (χ3n) is 3.17. The molecule has 0 aliphatic heterocycles. The SMILES string of the molecule is CCCNC(=O)CCNC(=NC)Nc1ccc(OCC)c(OC)c1.I. The molecule has 8 heteroatoms. The van der Waals surface area contributed by atoms with Crippen molar-refractivity contribution >= 4 is 41.5 Å². The Labute approximate surface area is 167 Å². The molecule has 0 aliphatic rings. The maximum atomic E-state index is 11.6. The van der Waals surface area contributed by atoms with E-state index in [4.69, 9.17) is 9.47 Å². The summed E-state index contributed by atoms with van der Waals surface area (Å²) in [5.41, 5.74) is 0.818. The van der Waals surface area contributed by atoms with E-state index in [0.29, 0.717) is 43.6 Å². The van der Waals surface area contributed by atoms with Gasteiger partial charge in [-0.25, -0.2) is 0 Å². The van der Waals surface area contributed by atoms with Gasteiger partial charge in [0, 0.05) is 38.3 Å². The second-order valence-corrected chi connectivity index (χ2v) is 5.02. The van der Waals surface area contributed by atoms with Gasteiger partial charge in [0.05, 0.1) is 13.7 Å². The zero-order valence-corrected chi connectivity index (χ0v) is 17.7. The standard InChI is InChI=1S/C17H28N4O3.HI/c1-5-10-19-16(22)9-11-20-17(18-3)21-13-7-8-14(24-6-2)15(12-13)23-4;/h7-8,12H,5-6,9-11H2,1-4H3,(H,19,22)(H2,18,20,21);1H. The second-order valence-electron chi connectivity index (χ2n) is 5.02. The van der Waals surface area contributed by atoms with Crippen LogP contribution in [0.3, 0.4) is 0 Å². The summed E-state index contributed by atoms with van der Waals surface area (Å²) in [6.45, 7) is 5.73. The highest BCUT2D eigenvalue weighted by atomic mass is 127. The molecule has 0 radical (unpaired) electrons. The van der Waals surface area contributed by atoms with E-state index in [1.807, 2.05) is 32.0 Å². The van der Waals surface area contributed by atoms with Crippen LogP contribution in [0.25, 0.3) is 0 Å². The van der Waals surface area contributed by atoms with Gasteiger partial charge in [-0.2, -0.15) is 0 Å². The summed E-state index contributed by atoms with van der Waals surface area (Å²) in [5, 5.41) is 9.11. The lowest BCUT2D eigenvalue weighted by molar-refractivity contribution is -0.120. The predicted octanol–water partition coefficient (Wildman–Crippen LogP) is 2.62. The Kier molecular flexibility index (Phi) is 12.6. The molecule has 0 aromatic heterocycles. The predicted molar refractivity (Wildman–Crippen MR) is 112 cm³/mol. The van der Waals surface area contributed by atoms with Crippen LogP contribution in [0.5, 0.6) is 11.5 Å². The highest BCUT2D eigenvalue weighted by molar-refractivity contribution is 14.0. The molecule has 0 saturated heterocycles. The van der Waals surface area contributed by atoms with Crippen LogP contribution < -0.4 is 25.4 Å². The molecule has 1 amide bonds. The Hall–Kier alpha value is -1.71. The average molecular weight is 464 g/mol. The quantitative estimate of drug-likeness (QED) is 0.297. The molecule has 0 atom stereocenters. The maximum absolute atomic E-state index is 11.6. The normalized spacial score (nSPS) is 10.5. The van der Waals surface area contributed by atoms with E-state index in [9.17, 15) is 4.79 Å². The van der Waals surface area contributed by atoms with Crippen LogP contribution in [0.2, 0.25) is 0 Å². The summed E-state index contributed by atoms with van der Waals surface area (Å²) >= 11 is 0. The number of methoxy groups -OCH3 is 1. The second kappa shape index (κ2) is 13.6. The minimum Gasteiger partial charge on any atom is -0.493 e. The van der Waals surface area contributed by atoms with Gasteiger partial charge in [0.1, 0.15) is 0 Å². The third-order valence-corrected chi connectivity index (χ3v) is 3.17. The van der Waals surface area contributed by atoms with Gasteiger partial charge in [-0.1, -0.05) is 6.92 Å². The molecule has 0 aliphatic carbocycles. The summed E-state index contributed by atoms with van der Waals surface area (Å²) < 4.78 is 10.8. The third kappa shape index (κ3) is 8.80. The molecule has 1 aromatic rings. The van der Waals surface area contributed by atoms with Crippen LogP contribution in [0, 0.1) is 0 Å². The lowest BCUT2D eigenvalue weighted by Gasteiger charge is -2.14. The zero-order valence-electron chi connectivity index (χ0n) is 15.3. The Balaban J connectivity index is 0.00000576. The van der Waals surface area contributed by atoms with Gasteiger partial charge >= 0.3 is 0 Å². The zero-order chi connectivity index (χ0) is 17.8. The number of halogens is 1. The van der Waals surface area contributed by atoms with E-state index in [0.717, 1.165) is 12.1 Å². The van der Waals surface area contributed by atoms with Gasteiger partial charge in [0.2, 0.25) is 5.91 Å². The average Bonchev–Trinajstić information content (AvgIpc) is 2.60. The number of guanidine groups is 1. The van der Waals surface area contributed by atoms with Gasteiger partial charge in [0.15, 0.2) is 17.5 Å². The number of hydrogen-bond donors (Lipinski definition) is 3. The van der Waals surface area contributed by atoms with Crippen molar-refractivity contribution in [3.8, 4) is 11.5 Å². The number of nitrogens with one attached hydrogen (secondary N) is 3. The van der Waals surface area contributed by atoms with Crippen molar-refractivity contribution in [3.63, 3.8) is 0 Å². The molecule has 7 nitrogen and oxygen atoms in total. The lowest BCUT2D eigenvalue weighted by atomic mass is 10.2. The number of ether oxygens (including phenoxy) is 2. The summed E-state index contributed by atoms with van der Waals surface area (Å²) in [6.07, 6.45) is 1.33. The maximum Gasteiger partial charge on any atom is 0.221 e. The van der Waals surface area contributed by atoms with Gasteiger partial charge in [-0.05, 0) is 25.5 Å². The lowest BCUT2D eigenvalue weighted by Crippen LogP contribution is -2.34. The first kappa shape index (κ1) is 23.3. The van der Waals surface area contributed by atoms with Crippen molar-refractivity contribution in [2.75, 3.05) is 39.2 Å². The number of anilines is 1. The summed E-state index contributed by atoms with van der Waals surface area (Å²) in [6, 6.07) is 5.57. The van der Waals surface area contributed by atoms with Crippen LogP contribution in [-0.2, 0) is 4.79 Å². The van der Waals surface area contributed by atoms with E-state index < -0.39 is 0 Å². The first-order valence-electron chi connectivity index (χ1n) is 8.19. The number of hydrogen-bond acceptors (Lipinski definition) is 4. The fraction of sp³-hybridized carbons (Fsp3) is 0.529. The minimum atomic E-state index is 0. The molecule has 1 rings (SSSR count). The van der Waals surface area contributed by atoms with E-state index in [1.165, 1.54) is 0 Å². The largest absolute Gasteiger partial charge is 0.493 e. The monoisotopic (exact) mass is 464 g/mol. The van der Waals surface area contributed by atoms with Crippen molar-refractivity contribution in [1.29, 1.82) is 0 Å². The Morgan fingerprint density at radius 3 is 2.52 bits per heavy atom. The number of benzene rings is 1. The molecular weight excluding hydrogens is 435 g/mol. The number of amides is 1. The minimum absolute atomic E-state index is 0. The summed E-state index contributed by atoms with van der Waals surface area (Å²) in [5.74, 6) is 1.96. The van der Waals surface area contributed by atoms with Crippen molar-refractivity contribution in [2.45, 2.75) is 26.7 Å². The first-order chi connectivity index (χ1) is 11.6. The van der Waals surface area contributed by atoms with Gasteiger partial charge in [0.25, 0.3) is 0 Å².